The number of rotatable bonds is 3. The molecule has 3 N–H and O–H groups in total. The van der Waals surface area contributed by atoms with Crippen LogP contribution in [0.2, 0.25) is 0 Å². The summed E-state index contributed by atoms with van der Waals surface area (Å²) in [5.74, 6) is -0.864. The molecule has 112 valence electrons. The second-order valence-corrected chi connectivity index (χ2v) is 5.86. The number of amides is 1. The van der Waals surface area contributed by atoms with E-state index in [4.69, 9.17) is 0 Å². The highest BCUT2D eigenvalue weighted by molar-refractivity contribution is 7.17. The zero-order chi connectivity index (χ0) is 15.7. The van der Waals surface area contributed by atoms with E-state index in [1.165, 1.54) is 11.3 Å². The first kappa shape index (κ1) is 14.3. The van der Waals surface area contributed by atoms with Gasteiger partial charge in [-0.3, -0.25) is 9.59 Å². The number of hydrogen-bond acceptors (Lipinski definition) is 4. The smallest absolute Gasteiger partial charge is 0.265 e. The van der Waals surface area contributed by atoms with E-state index >= 15 is 0 Å². The fraction of sp³-hybridized carbons (Fsp3) is 0.125. The summed E-state index contributed by atoms with van der Waals surface area (Å²) in [6.07, 6.45) is 0. The van der Waals surface area contributed by atoms with Gasteiger partial charge in [-0.05, 0) is 23.9 Å². The monoisotopic (exact) mass is 314 g/mol. The SMILES string of the molecule is C[C@@H](NC(=O)c1c(O)c2sccc2[nH]c1=O)c1ccccc1. The fourth-order valence-electron chi connectivity index (χ4n) is 2.30. The lowest BCUT2D eigenvalue weighted by Crippen LogP contribution is -2.31. The van der Waals surface area contributed by atoms with Crippen LogP contribution < -0.4 is 10.9 Å². The molecule has 3 aromatic rings. The van der Waals surface area contributed by atoms with Gasteiger partial charge in [0.2, 0.25) is 0 Å². The van der Waals surface area contributed by atoms with Gasteiger partial charge in [0, 0.05) is 0 Å². The van der Waals surface area contributed by atoms with Crippen LogP contribution in [-0.2, 0) is 0 Å². The number of carbonyl (C=O) groups is 1. The van der Waals surface area contributed by atoms with Gasteiger partial charge in [-0.15, -0.1) is 11.3 Å². The molecule has 5 nitrogen and oxygen atoms in total. The van der Waals surface area contributed by atoms with Crippen molar-refractivity contribution in [2.24, 2.45) is 0 Å². The Balaban J connectivity index is 1.94. The van der Waals surface area contributed by atoms with Crippen LogP contribution in [0.25, 0.3) is 10.2 Å². The highest BCUT2D eigenvalue weighted by atomic mass is 32.1. The molecule has 0 spiro atoms. The minimum absolute atomic E-state index is 0.252. The van der Waals surface area contributed by atoms with E-state index in [2.05, 4.69) is 10.3 Å². The van der Waals surface area contributed by atoms with E-state index in [0.29, 0.717) is 10.2 Å². The number of aromatic hydroxyl groups is 1. The summed E-state index contributed by atoms with van der Waals surface area (Å²) < 4.78 is 0.497. The molecule has 0 saturated heterocycles. The topological polar surface area (TPSA) is 82.2 Å². The molecule has 0 saturated carbocycles. The van der Waals surface area contributed by atoms with Crippen molar-refractivity contribution in [1.29, 1.82) is 0 Å². The van der Waals surface area contributed by atoms with Gasteiger partial charge in [-0.2, -0.15) is 0 Å². The largest absolute Gasteiger partial charge is 0.505 e. The highest BCUT2D eigenvalue weighted by Gasteiger charge is 2.21. The van der Waals surface area contributed by atoms with Crippen molar-refractivity contribution in [2.45, 2.75) is 13.0 Å². The predicted molar refractivity (Wildman–Crippen MR) is 86.4 cm³/mol. The summed E-state index contributed by atoms with van der Waals surface area (Å²) in [5.41, 5.74) is 0.600. The van der Waals surface area contributed by atoms with Crippen molar-refractivity contribution in [3.8, 4) is 5.75 Å². The third-order valence-corrected chi connectivity index (χ3v) is 4.39. The van der Waals surface area contributed by atoms with Crippen molar-refractivity contribution in [3.05, 3.63) is 63.3 Å². The average Bonchev–Trinajstić information content (AvgIpc) is 2.96. The molecular formula is C16H14N2O3S. The molecule has 6 heteroatoms. The number of carbonyl (C=O) groups excluding carboxylic acids is 1. The summed E-state index contributed by atoms with van der Waals surface area (Å²) in [6.45, 7) is 1.82. The Morgan fingerprint density at radius 2 is 2.00 bits per heavy atom. The Bertz CT molecular complexity index is 883. The fourth-order valence-corrected chi connectivity index (χ4v) is 3.10. The number of aromatic amines is 1. The number of nitrogens with one attached hydrogen (secondary N) is 2. The second kappa shape index (κ2) is 5.65. The molecule has 0 bridgehead atoms. The van der Waals surface area contributed by atoms with Gasteiger partial charge in [0.05, 0.1) is 16.3 Å². The van der Waals surface area contributed by atoms with Gasteiger partial charge in [0.25, 0.3) is 11.5 Å². The summed E-state index contributed by atoms with van der Waals surface area (Å²) in [7, 11) is 0. The molecule has 1 aromatic carbocycles. The zero-order valence-corrected chi connectivity index (χ0v) is 12.6. The van der Waals surface area contributed by atoms with E-state index in [1.54, 1.807) is 11.4 Å². The molecule has 0 aliphatic carbocycles. The lowest BCUT2D eigenvalue weighted by atomic mass is 10.1. The number of H-pyrrole nitrogens is 1. The summed E-state index contributed by atoms with van der Waals surface area (Å²) in [4.78, 5) is 27.0. The normalized spacial score (nSPS) is 12.2. The number of pyridine rings is 1. The van der Waals surface area contributed by atoms with Crippen LogP contribution in [0, 0.1) is 0 Å². The molecule has 2 heterocycles. The van der Waals surface area contributed by atoms with Crippen LogP contribution in [-0.4, -0.2) is 16.0 Å². The Hall–Kier alpha value is -2.60. The molecular weight excluding hydrogens is 300 g/mol. The maximum absolute atomic E-state index is 12.3. The minimum atomic E-state index is -0.596. The zero-order valence-electron chi connectivity index (χ0n) is 11.8. The van der Waals surface area contributed by atoms with Crippen LogP contribution in [0.1, 0.15) is 28.9 Å². The molecule has 0 radical (unpaired) electrons. The maximum atomic E-state index is 12.3. The summed E-state index contributed by atoms with van der Waals surface area (Å²) >= 11 is 1.27. The highest BCUT2D eigenvalue weighted by Crippen LogP contribution is 2.29. The van der Waals surface area contributed by atoms with Crippen molar-refractivity contribution < 1.29 is 9.90 Å². The number of benzene rings is 1. The van der Waals surface area contributed by atoms with Crippen LogP contribution >= 0.6 is 11.3 Å². The third kappa shape index (κ3) is 2.48. The predicted octanol–water partition coefficient (Wildman–Crippen LogP) is 2.79. The first-order chi connectivity index (χ1) is 10.6. The van der Waals surface area contributed by atoms with Gasteiger partial charge in [-0.1, -0.05) is 30.3 Å². The van der Waals surface area contributed by atoms with Gasteiger partial charge < -0.3 is 15.4 Å². The number of aromatic nitrogens is 1. The van der Waals surface area contributed by atoms with E-state index in [9.17, 15) is 14.7 Å². The number of fused-ring (bicyclic) bond motifs is 1. The summed E-state index contributed by atoms with van der Waals surface area (Å²) in [6, 6.07) is 10.8. The van der Waals surface area contributed by atoms with Crippen LogP contribution in [0.4, 0.5) is 0 Å². The van der Waals surface area contributed by atoms with Crippen LogP contribution in [0.15, 0.2) is 46.6 Å². The van der Waals surface area contributed by atoms with E-state index in [0.717, 1.165) is 5.56 Å². The molecule has 1 amide bonds. The van der Waals surface area contributed by atoms with E-state index in [1.807, 2.05) is 37.3 Å². The lowest BCUT2D eigenvalue weighted by Gasteiger charge is -2.14. The molecule has 0 unspecified atom stereocenters. The molecule has 1 atom stereocenters. The average molecular weight is 314 g/mol. The van der Waals surface area contributed by atoms with E-state index in [-0.39, 0.29) is 17.4 Å². The standard InChI is InChI=1S/C16H14N2O3S/c1-9(10-5-3-2-4-6-10)17-15(20)12-13(19)14-11(7-8-22-14)18-16(12)21/h2-9H,1H3,(H,17,20)(H2,18,19,21)/t9-/m1/s1. The first-order valence-electron chi connectivity index (χ1n) is 6.76. The van der Waals surface area contributed by atoms with Crippen LogP contribution in [0.5, 0.6) is 5.75 Å². The van der Waals surface area contributed by atoms with Crippen molar-refractivity contribution in [2.75, 3.05) is 0 Å². The van der Waals surface area contributed by atoms with Crippen LogP contribution in [0.3, 0.4) is 0 Å². The lowest BCUT2D eigenvalue weighted by molar-refractivity contribution is 0.0936. The van der Waals surface area contributed by atoms with Gasteiger partial charge in [0.1, 0.15) is 5.56 Å². The maximum Gasteiger partial charge on any atom is 0.265 e. The molecule has 0 fully saturated rings. The second-order valence-electron chi connectivity index (χ2n) is 4.95. The quantitative estimate of drug-likeness (QED) is 0.695. The first-order valence-corrected chi connectivity index (χ1v) is 7.64. The van der Waals surface area contributed by atoms with Crippen molar-refractivity contribution >= 4 is 27.5 Å². The van der Waals surface area contributed by atoms with Crippen molar-refractivity contribution in [1.82, 2.24) is 10.3 Å². The third-order valence-electron chi connectivity index (χ3n) is 3.47. The Morgan fingerprint density at radius 1 is 1.27 bits per heavy atom. The van der Waals surface area contributed by atoms with Gasteiger partial charge in [0.15, 0.2) is 5.75 Å². The molecule has 3 rings (SSSR count). The Morgan fingerprint density at radius 3 is 2.73 bits per heavy atom. The molecule has 2 aromatic heterocycles. The molecule has 0 aliphatic rings. The minimum Gasteiger partial charge on any atom is -0.505 e. The Labute approximate surface area is 130 Å². The molecule has 22 heavy (non-hydrogen) atoms. The molecule has 0 aliphatic heterocycles. The Kier molecular flexibility index (Phi) is 3.68. The van der Waals surface area contributed by atoms with Gasteiger partial charge >= 0.3 is 0 Å². The van der Waals surface area contributed by atoms with Gasteiger partial charge in [-0.25, -0.2) is 0 Å². The number of thiophene rings is 1. The van der Waals surface area contributed by atoms with E-state index < -0.39 is 11.5 Å². The van der Waals surface area contributed by atoms with Crippen molar-refractivity contribution in [3.63, 3.8) is 0 Å². The summed E-state index contributed by atoms with van der Waals surface area (Å²) in [5, 5.41) is 14.7. The number of hydrogen-bond donors (Lipinski definition) is 3.